The minimum atomic E-state index is -0.878. The largest absolute Gasteiger partial charge is 0.633 e. The van der Waals surface area contributed by atoms with E-state index in [9.17, 15) is 19.9 Å². The predicted molar refractivity (Wildman–Crippen MR) is 189 cm³/mol. The minimum Gasteiger partial charge on any atom is -0.633 e. The van der Waals surface area contributed by atoms with Gasteiger partial charge in [-0.3, -0.25) is 4.79 Å². The van der Waals surface area contributed by atoms with Gasteiger partial charge in [-0.2, -0.15) is 0 Å². The molecule has 47 heavy (non-hydrogen) atoms. The molecule has 0 unspecified atom stereocenters. The number of carbonyl (C=O) groups is 2. The molecule has 6 rings (SSSR count). The van der Waals surface area contributed by atoms with E-state index in [0.717, 1.165) is 37.7 Å². The summed E-state index contributed by atoms with van der Waals surface area (Å²) in [6.07, 6.45) is 12.7. The number of quaternary nitrogens is 1. The second kappa shape index (κ2) is 11.4. The molecule has 260 valence electrons. The second-order valence-electron chi connectivity index (χ2n) is 18.8. The molecule has 6 heteroatoms. The second-order valence-corrected chi connectivity index (χ2v) is 18.8. The van der Waals surface area contributed by atoms with E-state index >= 15 is 0 Å². The Morgan fingerprint density at radius 2 is 1.60 bits per heavy atom. The summed E-state index contributed by atoms with van der Waals surface area (Å²) in [5, 5.41) is 25.0. The fraction of sp³-hybridized carbons (Fsp3) is 0.756. The number of nitrogens with one attached hydrogen (secondary N) is 1. The number of allylic oxidation sites excluding steroid dienone is 2. The first-order valence-electron chi connectivity index (χ1n) is 18.7. The molecule has 9 atom stereocenters. The summed E-state index contributed by atoms with van der Waals surface area (Å²) in [5.41, 5.74) is 3.15. The highest BCUT2D eigenvalue weighted by Gasteiger charge is 2.71. The number of rotatable bonds is 7. The molecular weight excluding hydrogens is 584 g/mol. The van der Waals surface area contributed by atoms with Crippen molar-refractivity contribution in [2.24, 2.45) is 62.6 Å². The van der Waals surface area contributed by atoms with Gasteiger partial charge in [-0.25, -0.2) is 4.79 Å². The molecule has 0 radical (unpaired) electrons. The molecule has 0 aromatic heterocycles. The van der Waals surface area contributed by atoms with E-state index in [4.69, 9.17) is 0 Å². The molecule has 5 aliphatic carbocycles. The standard InChI is InChI=1S/C41H62N2O4/c1-26(2)29-16-21-41(36(46)42-24-25-43(8,9)47)23-22-39(6)31(34(29)41)14-15-33-38(5)19-17-30(27-10-12-28(13-11-27)35(44)45)37(3,4)32(38)18-20-40(33,39)7/h10-13,17,26,29,31-34H,14-16,18-25H2,1-9H3,(H,42,46)(H,44,45)/t29-,31+,32-,33+,34+,38-,39+,40+,41-/m0/s1. The third-order valence-electron chi connectivity index (χ3n) is 15.7. The number of hydrogen-bond acceptors (Lipinski definition) is 3. The van der Waals surface area contributed by atoms with Crippen LogP contribution in [0, 0.1) is 67.8 Å². The van der Waals surface area contributed by atoms with Crippen LogP contribution in [0.3, 0.4) is 0 Å². The Morgan fingerprint density at radius 3 is 2.21 bits per heavy atom. The van der Waals surface area contributed by atoms with Gasteiger partial charge in [-0.15, -0.1) is 0 Å². The summed E-state index contributed by atoms with van der Waals surface area (Å²) >= 11 is 0. The number of nitrogens with zero attached hydrogens (tertiary/aromatic N) is 1. The fourth-order valence-corrected chi connectivity index (χ4v) is 13.3. The lowest BCUT2D eigenvalue weighted by Crippen LogP contribution is -2.66. The SMILES string of the molecule is CC(C)[C@@H]1CC[C@]2(C(=O)NCC[N+](C)(C)[O-])CC[C@]3(C)[C@H](CC[C@@H]4[C@@]5(C)CC=C(c6ccc(C(=O)O)cc6)C(C)(C)[C@@H]5CC[C@]43C)[C@@H]12. The zero-order chi connectivity index (χ0) is 34.4. The van der Waals surface area contributed by atoms with Gasteiger partial charge < -0.3 is 20.3 Å². The molecule has 0 saturated heterocycles. The van der Waals surface area contributed by atoms with Crippen LogP contribution in [0.25, 0.3) is 5.57 Å². The van der Waals surface area contributed by atoms with Gasteiger partial charge in [0, 0.05) is 0 Å². The van der Waals surface area contributed by atoms with Crippen LogP contribution in [0.5, 0.6) is 0 Å². The van der Waals surface area contributed by atoms with Crippen molar-refractivity contribution in [3.63, 3.8) is 0 Å². The normalized spacial score (nSPS) is 40.8. The van der Waals surface area contributed by atoms with Gasteiger partial charge in [-0.05, 0) is 138 Å². The van der Waals surface area contributed by atoms with Gasteiger partial charge in [0.05, 0.1) is 38.2 Å². The summed E-state index contributed by atoms with van der Waals surface area (Å²) in [4.78, 5) is 25.8. The number of fused-ring (bicyclic) bond motifs is 7. The van der Waals surface area contributed by atoms with Gasteiger partial charge in [0.2, 0.25) is 5.91 Å². The molecule has 1 amide bonds. The van der Waals surface area contributed by atoms with E-state index in [1.165, 1.54) is 31.3 Å². The molecule has 0 spiro atoms. The van der Waals surface area contributed by atoms with Crippen LogP contribution in [-0.4, -0.2) is 48.8 Å². The zero-order valence-corrected chi connectivity index (χ0v) is 30.7. The minimum absolute atomic E-state index is 0.0117. The number of likely N-dealkylation sites (N-methyl/N-ethyl adjacent to an activating group) is 1. The molecule has 1 aromatic carbocycles. The van der Waals surface area contributed by atoms with E-state index in [1.54, 1.807) is 26.2 Å². The van der Waals surface area contributed by atoms with Crippen molar-refractivity contribution in [2.45, 2.75) is 106 Å². The van der Waals surface area contributed by atoms with Crippen LogP contribution in [0.15, 0.2) is 30.3 Å². The highest BCUT2D eigenvalue weighted by atomic mass is 16.5. The monoisotopic (exact) mass is 646 g/mol. The maximum absolute atomic E-state index is 14.3. The number of carboxylic acid groups (broad SMARTS) is 1. The fourth-order valence-electron chi connectivity index (χ4n) is 13.3. The topological polar surface area (TPSA) is 89.5 Å². The Kier molecular flexibility index (Phi) is 8.44. The Hall–Kier alpha value is -2.18. The lowest BCUT2D eigenvalue weighted by atomic mass is 9.32. The number of benzene rings is 1. The van der Waals surface area contributed by atoms with E-state index < -0.39 is 5.97 Å². The quantitative estimate of drug-likeness (QED) is 0.229. The van der Waals surface area contributed by atoms with Crippen LogP contribution in [-0.2, 0) is 4.79 Å². The lowest BCUT2D eigenvalue weighted by Gasteiger charge is -2.72. The molecule has 6 nitrogen and oxygen atoms in total. The predicted octanol–water partition coefficient (Wildman–Crippen LogP) is 8.81. The van der Waals surface area contributed by atoms with Crippen LogP contribution in [0.1, 0.15) is 122 Å². The van der Waals surface area contributed by atoms with E-state index in [-0.39, 0.29) is 37.6 Å². The van der Waals surface area contributed by atoms with E-state index in [1.807, 2.05) is 12.1 Å². The Bertz CT molecular complexity index is 1420. The number of aromatic carboxylic acids is 1. The van der Waals surface area contributed by atoms with Crippen molar-refractivity contribution < 1.29 is 19.3 Å². The average molecular weight is 647 g/mol. The number of carboxylic acids is 1. The highest BCUT2D eigenvalue weighted by Crippen LogP contribution is 2.77. The summed E-state index contributed by atoms with van der Waals surface area (Å²) < 4.78 is -0.379. The first-order valence-corrected chi connectivity index (χ1v) is 18.7. The smallest absolute Gasteiger partial charge is 0.335 e. The van der Waals surface area contributed by atoms with Crippen LogP contribution >= 0.6 is 0 Å². The van der Waals surface area contributed by atoms with Gasteiger partial charge in [0.1, 0.15) is 0 Å². The van der Waals surface area contributed by atoms with Crippen molar-refractivity contribution in [3.8, 4) is 0 Å². The Morgan fingerprint density at radius 1 is 0.915 bits per heavy atom. The first-order chi connectivity index (χ1) is 21.8. The summed E-state index contributed by atoms with van der Waals surface area (Å²) in [6.45, 7) is 18.4. The number of hydroxylamine groups is 3. The molecule has 0 heterocycles. The van der Waals surface area contributed by atoms with Crippen LogP contribution in [0.4, 0.5) is 0 Å². The molecule has 4 saturated carbocycles. The molecule has 0 bridgehead atoms. The summed E-state index contributed by atoms with van der Waals surface area (Å²) in [5.74, 6) is 2.60. The first kappa shape index (κ1) is 34.7. The third kappa shape index (κ3) is 5.16. The Labute approximate surface area is 284 Å². The zero-order valence-electron chi connectivity index (χ0n) is 30.7. The van der Waals surface area contributed by atoms with Crippen LogP contribution < -0.4 is 5.32 Å². The maximum Gasteiger partial charge on any atom is 0.335 e. The average Bonchev–Trinajstić information content (AvgIpc) is 3.38. The van der Waals surface area contributed by atoms with E-state index in [0.29, 0.717) is 54.2 Å². The van der Waals surface area contributed by atoms with Crippen molar-refractivity contribution in [3.05, 3.63) is 46.7 Å². The van der Waals surface area contributed by atoms with Gasteiger partial charge in [0.15, 0.2) is 0 Å². The molecule has 5 aliphatic rings. The van der Waals surface area contributed by atoms with E-state index in [2.05, 4.69) is 59.9 Å². The van der Waals surface area contributed by atoms with Crippen molar-refractivity contribution in [1.82, 2.24) is 5.32 Å². The number of amides is 1. The number of carbonyl (C=O) groups excluding carboxylic acids is 1. The van der Waals surface area contributed by atoms with Crippen molar-refractivity contribution in [1.29, 1.82) is 0 Å². The van der Waals surface area contributed by atoms with Gasteiger partial charge in [-0.1, -0.05) is 66.7 Å². The molecule has 2 N–H and O–H groups in total. The molecule has 4 fully saturated rings. The van der Waals surface area contributed by atoms with Gasteiger partial charge >= 0.3 is 5.97 Å². The summed E-state index contributed by atoms with van der Waals surface area (Å²) in [6, 6.07) is 7.53. The Balaban J connectivity index is 1.32. The van der Waals surface area contributed by atoms with Crippen molar-refractivity contribution >= 4 is 17.4 Å². The third-order valence-corrected chi connectivity index (χ3v) is 15.7. The lowest BCUT2D eigenvalue weighted by molar-refractivity contribution is -0.838. The van der Waals surface area contributed by atoms with Crippen LogP contribution in [0.2, 0.25) is 0 Å². The highest BCUT2D eigenvalue weighted by molar-refractivity contribution is 5.88. The van der Waals surface area contributed by atoms with Gasteiger partial charge in [0.25, 0.3) is 0 Å². The number of hydrogen-bond donors (Lipinski definition) is 2. The summed E-state index contributed by atoms with van der Waals surface area (Å²) in [7, 11) is 3.31. The molecular formula is C41H62N2O4. The molecule has 0 aliphatic heterocycles. The maximum atomic E-state index is 14.3. The molecule has 1 aromatic rings. The van der Waals surface area contributed by atoms with Crippen molar-refractivity contribution in [2.75, 3.05) is 27.2 Å².